The van der Waals surface area contributed by atoms with Gasteiger partial charge in [-0.05, 0) is 76.2 Å². The van der Waals surface area contributed by atoms with Gasteiger partial charge in [0.05, 0.1) is 5.69 Å². The summed E-state index contributed by atoms with van der Waals surface area (Å²) in [7, 11) is 0. The Morgan fingerprint density at radius 3 is 1.92 bits per heavy atom. The van der Waals surface area contributed by atoms with Crippen LogP contribution in [0.15, 0.2) is 128 Å². The minimum Gasteiger partial charge on any atom is -0.310 e. The smallest absolute Gasteiger partial charge is 0.0781 e. The summed E-state index contributed by atoms with van der Waals surface area (Å²) in [6, 6.07) is 43.2. The monoisotopic (exact) mass is 464 g/mol. The number of nitrogens with zero attached hydrogens (tertiary/aromatic N) is 2. The van der Waals surface area contributed by atoms with Gasteiger partial charge in [-0.1, -0.05) is 86.6 Å². The number of rotatable bonds is 5. The van der Waals surface area contributed by atoms with Crippen molar-refractivity contribution < 1.29 is 0 Å². The molecule has 0 spiro atoms. The van der Waals surface area contributed by atoms with Crippen LogP contribution in [0.4, 0.5) is 17.1 Å². The lowest BCUT2D eigenvalue weighted by molar-refractivity contribution is 0.866. The van der Waals surface area contributed by atoms with Crippen LogP contribution < -0.4 is 4.90 Å². The summed E-state index contributed by atoms with van der Waals surface area (Å²) in [6.45, 7) is 4.50. The standard InChI is InChI=1S/C34H28N2/c1-24(2)26-21-27(34-33-18-17-25-11-9-10-16-31(25)32(33)19-20-35-34)23-30(22-26)36(28-12-5-3-6-13-28)29-14-7-4-8-15-29/h3-24H,1-2H3. The minimum atomic E-state index is 0.382. The quantitative estimate of drug-likeness (QED) is 0.236. The van der Waals surface area contributed by atoms with Crippen LogP contribution >= 0.6 is 0 Å². The van der Waals surface area contributed by atoms with Crippen molar-refractivity contribution in [1.82, 2.24) is 4.98 Å². The Morgan fingerprint density at radius 2 is 1.22 bits per heavy atom. The van der Waals surface area contributed by atoms with E-state index < -0.39 is 0 Å². The van der Waals surface area contributed by atoms with Gasteiger partial charge in [0, 0.05) is 34.2 Å². The maximum absolute atomic E-state index is 4.91. The van der Waals surface area contributed by atoms with Crippen molar-refractivity contribution in [2.75, 3.05) is 4.90 Å². The Morgan fingerprint density at radius 1 is 0.556 bits per heavy atom. The average molecular weight is 465 g/mol. The molecule has 0 saturated carbocycles. The molecule has 0 aliphatic rings. The highest BCUT2D eigenvalue weighted by Crippen LogP contribution is 2.40. The molecule has 0 aliphatic carbocycles. The summed E-state index contributed by atoms with van der Waals surface area (Å²) in [5.41, 5.74) is 6.84. The predicted molar refractivity (Wildman–Crippen MR) is 153 cm³/mol. The Balaban J connectivity index is 1.60. The van der Waals surface area contributed by atoms with Gasteiger partial charge in [-0.2, -0.15) is 0 Å². The fourth-order valence-corrected chi connectivity index (χ4v) is 5.00. The molecule has 0 aliphatic heterocycles. The molecule has 0 fully saturated rings. The highest BCUT2D eigenvalue weighted by molar-refractivity contribution is 6.11. The number of aromatic nitrogens is 1. The van der Waals surface area contributed by atoms with Gasteiger partial charge in [0.2, 0.25) is 0 Å². The van der Waals surface area contributed by atoms with Crippen LogP contribution in [0.5, 0.6) is 0 Å². The van der Waals surface area contributed by atoms with Gasteiger partial charge < -0.3 is 4.90 Å². The molecule has 6 aromatic rings. The predicted octanol–water partition coefficient (Wildman–Crippen LogP) is 9.65. The van der Waals surface area contributed by atoms with E-state index in [1.54, 1.807) is 0 Å². The first-order valence-corrected chi connectivity index (χ1v) is 12.5. The number of pyridine rings is 1. The summed E-state index contributed by atoms with van der Waals surface area (Å²) >= 11 is 0. The summed E-state index contributed by atoms with van der Waals surface area (Å²) in [6.07, 6.45) is 1.94. The van der Waals surface area contributed by atoms with Crippen LogP contribution in [0.1, 0.15) is 25.3 Å². The molecule has 0 saturated heterocycles. The number of hydrogen-bond acceptors (Lipinski definition) is 2. The maximum atomic E-state index is 4.91. The molecule has 0 bridgehead atoms. The van der Waals surface area contributed by atoms with Gasteiger partial charge in [-0.25, -0.2) is 0 Å². The third kappa shape index (κ3) is 4.01. The lowest BCUT2D eigenvalue weighted by atomic mass is 9.94. The Kier molecular flexibility index (Phi) is 5.71. The molecule has 2 nitrogen and oxygen atoms in total. The molecule has 0 amide bonds. The third-order valence-electron chi connectivity index (χ3n) is 6.84. The molecule has 1 aromatic heterocycles. The van der Waals surface area contributed by atoms with Crippen LogP contribution in [-0.4, -0.2) is 4.98 Å². The number of anilines is 3. The lowest BCUT2D eigenvalue weighted by Gasteiger charge is -2.27. The molecule has 2 heteroatoms. The minimum absolute atomic E-state index is 0.382. The largest absolute Gasteiger partial charge is 0.310 e. The van der Waals surface area contributed by atoms with Crippen molar-refractivity contribution in [3.8, 4) is 11.3 Å². The molecule has 1 heterocycles. The molecule has 0 atom stereocenters. The molecular formula is C34H28N2. The normalized spacial score (nSPS) is 11.3. The van der Waals surface area contributed by atoms with Crippen LogP contribution in [0.2, 0.25) is 0 Å². The van der Waals surface area contributed by atoms with E-state index >= 15 is 0 Å². The van der Waals surface area contributed by atoms with Crippen molar-refractivity contribution in [3.63, 3.8) is 0 Å². The molecule has 174 valence electrons. The summed E-state index contributed by atoms with van der Waals surface area (Å²) < 4.78 is 0. The number of benzene rings is 5. The second-order valence-corrected chi connectivity index (χ2v) is 9.52. The van der Waals surface area contributed by atoms with Crippen LogP contribution in [0, 0.1) is 0 Å². The van der Waals surface area contributed by atoms with E-state index in [-0.39, 0.29) is 0 Å². The number of hydrogen-bond donors (Lipinski definition) is 0. The van der Waals surface area contributed by atoms with Crippen LogP contribution in [-0.2, 0) is 0 Å². The van der Waals surface area contributed by atoms with E-state index in [1.165, 1.54) is 27.1 Å². The van der Waals surface area contributed by atoms with E-state index in [9.17, 15) is 0 Å². The second-order valence-electron chi connectivity index (χ2n) is 9.52. The van der Waals surface area contributed by atoms with Gasteiger partial charge in [0.1, 0.15) is 0 Å². The van der Waals surface area contributed by atoms with Crippen molar-refractivity contribution in [1.29, 1.82) is 0 Å². The fraction of sp³-hybridized carbons (Fsp3) is 0.0882. The zero-order valence-corrected chi connectivity index (χ0v) is 20.6. The topological polar surface area (TPSA) is 16.1 Å². The number of fused-ring (bicyclic) bond motifs is 3. The van der Waals surface area contributed by atoms with E-state index in [1.807, 2.05) is 6.20 Å². The lowest BCUT2D eigenvalue weighted by Crippen LogP contribution is -2.10. The zero-order chi connectivity index (χ0) is 24.5. The van der Waals surface area contributed by atoms with Crippen LogP contribution in [0.25, 0.3) is 32.8 Å². The first kappa shape index (κ1) is 22.1. The molecule has 36 heavy (non-hydrogen) atoms. The van der Waals surface area contributed by atoms with E-state index in [4.69, 9.17) is 4.98 Å². The van der Waals surface area contributed by atoms with E-state index in [0.29, 0.717) is 5.92 Å². The molecule has 0 N–H and O–H groups in total. The first-order valence-electron chi connectivity index (χ1n) is 12.5. The summed E-state index contributed by atoms with van der Waals surface area (Å²) in [5.74, 6) is 0.382. The summed E-state index contributed by atoms with van der Waals surface area (Å²) in [5, 5.41) is 4.92. The van der Waals surface area contributed by atoms with Gasteiger partial charge in [0.15, 0.2) is 0 Å². The molecule has 0 unspecified atom stereocenters. The van der Waals surface area contributed by atoms with Gasteiger partial charge in [-0.15, -0.1) is 0 Å². The van der Waals surface area contributed by atoms with Crippen molar-refractivity contribution in [3.05, 3.63) is 133 Å². The fourth-order valence-electron chi connectivity index (χ4n) is 5.00. The Bertz CT molecular complexity index is 1610. The van der Waals surface area contributed by atoms with E-state index in [2.05, 4.69) is 140 Å². The van der Waals surface area contributed by atoms with Gasteiger partial charge >= 0.3 is 0 Å². The summed E-state index contributed by atoms with van der Waals surface area (Å²) in [4.78, 5) is 7.24. The Hall–Kier alpha value is -4.43. The van der Waals surface area contributed by atoms with Crippen LogP contribution in [0.3, 0.4) is 0 Å². The Labute approximate surface area is 212 Å². The highest BCUT2D eigenvalue weighted by atomic mass is 15.1. The van der Waals surface area contributed by atoms with Crippen molar-refractivity contribution in [2.45, 2.75) is 19.8 Å². The van der Waals surface area contributed by atoms with E-state index in [0.717, 1.165) is 28.3 Å². The highest BCUT2D eigenvalue weighted by Gasteiger charge is 2.17. The third-order valence-corrected chi connectivity index (χ3v) is 6.84. The SMILES string of the molecule is CC(C)c1cc(-c2nccc3c2ccc2ccccc23)cc(N(c2ccccc2)c2ccccc2)c1. The van der Waals surface area contributed by atoms with Crippen molar-refractivity contribution >= 4 is 38.6 Å². The number of para-hydroxylation sites is 2. The average Bonchev–Trinajstić information content (AvgIpc) is 2.94. The molecular weight excluding hydrogens is 436 g/mol. The van der Waals surface area contributed by atoms with Gasteiger partial charge in [0.25, 0.3) is 0 Å². The first-order chi connectivity index (χ1) is 17.7. The zero-order valence-electron chi connectivity index (χ0n) is 20.6. The molecule has 6 rings (SSSR count). The molecule has 5 aromatic carbocycles. The maximum Gasteiger partial charge on any atom is 0.0781 e. The van der Waals surface area contributed by atoms with Gasteiger partial charge in [-0.3, -0.25) is 4.98 Å². The molecule has 0 radical (unpaired) electrons. The second kappa shape index (κ2) is 9.31. The van der Waals surface area contributed by atoms with Crippen molar-refractivity contribution in [2.24, 2.45) is 0 Å².